The van der Waals surface area contributed by atoms with Crippen LogP contribution >= 0.6 is 15.9 Å². The van der Waals surface area contributed by atoms with Crippen LogP contribution in [0, 0.1) is 0 Å². The normalized spacial score (nSPS) is 22.6. The molecule has 0 aromatic heterocycles. The molecule has 1 atom stereocenters. The molecule has 15 heavy (non-hydrogen) atoms. The number of halogens is 1. The molecule has 0 N–H and O–H groups in total. The molecule has 1 aliphatic rings. The van der Waals surface area contributed by atoms with Crippen molar-refractivity contribution in [3.05, 3.63) is 10.1 Å². The van der Waals surface area contributed by atoms with Gasteiger partial charge in [0.2, 0.25) is 0 Å². The van der Waals surface area contributed by atoms with Crippen LogP contribution in [0.25, 0.3) is 0 Å². The van der Waals surface area contributed by atoms with E-state index in [1.165, 1.54) is 34.6 Å². The first-order valence-corrected chi connectivity index (χ1v) is 9.43. The molecule has 1 nitrogen and oxygen atoms in total. The Morgan fingerprint density at radius 1 is 1.27 bits per heavy atom. The second-order valence-corrected chi connectivity index (χ2v) is 10.2. The van der Waals surface area contributed by atoms with E-state index >= 15 is 0 Å². The number of allylic oxidation sites excluding steroid dienone is 1. The van der Waals surface area contributed by atoms with E-state index in [1.807, 2.05) is 0 Å². The lowest BCUT2D eigenvalue weighted by Crippen LogP contribution is -2.39. The van der Waals surface area contributed by atoms with Crippen LogP contribution in [0.2, 0.25) is 18.1 Å². The van der Waals surface area contributed by atoms with E-state index in [0.29, 0.717) is 6.10 Å². The van der Waals surface area contributed by atoms with Gasteiger partial charge < -0.3 is 4.43 Å². The molecule has 0 saturated carbocycles. The Hall–Kier alpha value is 0.397. The van der Waals surface area contributed by atoms with E-state index in [2.05, 4.69) is 43.6 Å². The highest BCUT2D eigenvalue weighted by atomic mass is 79.9. The van der Waals surface area contributed by atoms with Crippen molar-refractivity contribution in [2.45, 2.75) is 64.8 Å². The predicted molar refractivity (Wildman–Crippen MR) is 72.9 cm³/mol. The van der Waals surface area contributed by atoms with Crippen molar-refractivity contribution in [1.29, 1.82) is 0 Å². The molecule has 0 heterocycles. The molecule has 0 bridgehead atoms. The van der Waals surface area contributed by atoms with Gasteiger partial charge in [-0.05, 0) is 48.0 Å². The third-order valence-electron chi connectivity index (χ3n) is 3.86. The van der Waals surface area contributed by atoms with Gasteiger partial charge in [-0.15, -0.1) is 0 Å². The van der Waals surface area contributed by atoms with E-state index < -0.39 is 8.32 Å². The quantitative estimate of drug-likeness (QED) is 0.659. The predicted octanol–water partition coefficient (Wildman–Crippen LogP) is 4.84. The Balaban J connectivity index is 2.68. The molecule has 0 aromatic carbocycles. The van der Waals surface area contributed by atoms with Crippen LogP contribution in [0.1, 0.15) is 40.5 Å². The fraction of sp³-hybridized carbons (Fsp3) is 0.833. The van der Waals surface area contributed by atoms with Crippen LogP contribution in [-0.2, 0) is 4.43 Å². The first kappa shape index (κ1) is 13.5. The molecule has 0 amide bonds. The van der Waals surface area contributed by atoms with Gasteiger partial charge in [0.25, 0.3) is 0 Å². The molecule has 3 heteroatoms. The van der Waals surface area contributed by atoms with Crippen molar-refractivity contribution in [1.82, 2.24) is 0 Å². The highest BCUT2D eigenvalue weighted by Crippen LogP contribution is 2.36. The van der Waals surface area contributed by atoms with E-state index in [0.717, 1.165) is 6.42 Å². The molecule has 1 aliphatic carbocycles. The van der Waals surface area contributed by atoms with Gasteiger partial charge in [-0.2, -0.15) is 0 Å². The average molecular weight is 291 g/mol. The smallest absolute Gasteiger partial charge is 0.192 e. The minimum absolute atomic E-state index is 0.408. The van der Waals surface area contributed by atoms with Gasteiger partial charge in [-0.1, -0.05) is 36.7 Å². The van der Waals surface area contributed by atoms with Crippen LogP contribution in [0.15, 0.2) is 10.1 Å². The van der Waals surface area contributed by atoms with E-state index in [9.17, 15) is 0 Å². The molecule has 0 spiro atoms. The maximum atomic E-state index is 6.48. The van der Waals surface area contributed by atoms with Crippen LogP contribution in [0.4, 0.5) is 0 Å². The van der Waals surface area contributed by atoms with Crippen molar-refractivity contribution in [2.24, 2.45) is 0 Å². The van der Waals surface area contributed by atoms with E-state index in [4.69, 9.17) is 4.43 Å². The molecule has 0 radical (unpaired) electrons. The molecule has 0 aliphatic heterocycles. The zero-order chi connectivity index (χ0) is 11.5. The Labute approximate surface area is 104 Å². The average Bonchev–Trinajstić information content (AvgIpc) is 2.57. The first-order chi connectivity index (χ1) is 7.08. The maximum Gasteiger partial charge on any atom is 0.192 e. The number of rotatable bonds is 5. The monoisotopic (exact) mass is 290 g/mol. The fourth-order valence-corrected chi connectivity index (χ4v) is 5.68. The molecule has 0 fully saturated rings. The van der Waals surface area contributed by atoms with Gasteiger partial charge in [0.05, 0.1) is 6.10 Å². The van der Waals surface area contributed by atoms with Gasteiger partial charge in [-0.25, -0.2) is 0 Å². The summed E-state index contributed by atoms with van der Waals surface area (Å²) in [6.45, 7) is 9.09. The molecule has 1 rings (SSSR count). The largest absolute Gasteiger partial charge is 0.410 e. The Morgan fingerprint density at radius 3 is 2.13 bits per heavy atom. The zero-order valence-electron chi connectivity index (χ0n) is 10.4. The summed E-state index contributed by atoms with van der Waals surface area (Å²) in [5.74, 6) is 0. The summed E-state index contributed by atoms with van der Waals surface area (Å²) in [7, 11) is -1.41. The second kappa shape index (κ2) is 5.64. The van der Waals surface area contributed by atoms with Gasteiger partial charge in [0.15, 0.2) is 8.32 Å². The lowest BCUT2D eigenvalue weighted by molar-refractivity contribution is 0.221. The highest BCUT2D eigenvalue weighted by molar-refractivity contribution is 9.11. The van der Waals surface area contributed by atoms with Gasteiger partial charge in [0, 0.05) is 0 Å². The third kappa shape index (κ3) is 2.95. The topological polar surface area (TPSA) is 9.23 Å². The maximum absolute atomic E-state index is 6.48. The summed E-state index contributed by atoms with van der Waals surface area (Å²) >= 11 is 3.63. The summed E-state index contributed by atoms with van der Waals surface area (Å²) in [5, 5.41) is 0. The summed E-state index contributed by atoms with van der Waals surface area (Å²) in [6.07, 6.45) is 2.75. The molecular formula is C12H23BrOSi. The van der Waals surface area contributed by atoms with Crippen LogP contribution in [-0.4, -0.2) is 14.4 Å². The van der Waals surface area contributed by atoms with Crippen molar-refractivity contribution < 1.29 is 4.43 Å². The Kier molecular flexibility index (Phi) is 5.07. The minimum Gasteiger partial charge on any atom is -0.410 e. The summed E-state index contributed by atoms with van der Waals surface area (Å²) in [4.78, 5) is 0. The molecule has 88 valence electrons. The van der Waals surface area contributed by atoms with Gasteiger partial charge >= 0.3 is 0 Å². The van der Waals surface area contributed by atoms with Crippen molar-refractivity contribution in [2.75, 3.05) is 0 Å². The van der Waals surface area contributed by atoms with Crippen LogP contribution in [0.3, 0.4) is 0 Å². The van der Waals surface area contributed by atoms with Crippen LogP contribution < -0.4 is 0 Å². The SMILES string of the molecule is CC[Si](CC)(CC)OC1CCC(Br)=C1C. The van der Waals surface area contributed by atoms with Crippen molar-refractivity contribution in [3.63, 3.8) is 0 Å². The lowest BCUT2D eigenvalue weighted by Gasteiger charge is -2.32. The van der Waals surface area contributed by atoms with Crippen molar-refractivity contribution in [3.8, 4) is 0 Å². The highest BCUT2D eigenvalue weighted by Gasteiger charge is 2.34. The molecular weight excluding hydrogens is 268 g/mol. The van der Waals surface area contributed by atoms with E-state index in [-0.39, 0.29) is 0 Å². The summed E-state index contributed by atoms with van der Waals surface area (Å²) in [5.41, 5.74) is 1.43. The Bertz CT molecular complexity index is 238. The standard InChI is InChI=1S/C12H23BrOSi/c1-5-15(6-2,7-3)14-12-9-8-11(13)10(12)4/h12H,5-9H2,1-4H3. The molecule has 0 aromatic rings. The van der Waals surface area contributed by atoms with Gasteiger partial charge in [0.1, 0.15) is 0 Å². The lowest BCUT2D eigenvalue weighted by atomic mass is 10.2. The van der Waals surface area contributed by atoms with Crippen molar-refractivity contribution >= 4 is 24.2 Å². The first-order valence-electron chi connectivity index (χ1n) is 6.11. The van der Waals surface area contributed by atoms with E-state index in [1.54, 1.807) is 0 Å². The van der Waals surface area contributed by atoms with Gasteiger partial charge in [-0.3, -0.25) is 0 Å². The molecule has 0 saturated heterocycles. The number of hydrogen-bond donors (Lipinski definition) is 0. The number of hydrogen-bond acceptors (Lipinski definition) is 1. The summed E-state index contributed by atoms with van der Waals surface area (Å²) < 4.78 is 7.85. The second-order valence-electron chi connectivity index (χ2n) is 4.48. The summed E-state index contributed by atoms with van der Waals surface area (Å²) in [6, 6.07) is 3.75. The zero-order valence-corrected chi connectivity index (χ0v) is 13.0. The molecule has 1 unspecified atom stereocenters. The third-order valence-corrected chi connectivity index (χ3v) is 9.53. The fourth-order valence-electron chi connectivity index (χ4n) is 2.30. The van der Waals surface area contributed by atoms with Crippen LogP contribution in [0.5, 0.6) is 0 Å². The minimum atomic E-state index is -1.41. The Morgan fingerprint density at radius 2 is 1.80 bits per heavy atom.